The monoisotopic (exact) mass is 392 g/mol. The zero-order chi connectivity index (χ0) is 19.0. The molecular weight excluding hydrogens is 364 g/mol. The van der Waals surface area contributed by atoms with Crippen LogP contribution < -0.4 is 5.73 Å². The fourth-order valence-electron chi connectivity index (χ4n) is 3.74. The van der Waals surface area contributed by atoms with Crippen LogP contribution in [0.5, 0.6) is 0 Å². The largest absolute Gasteiger partial charge is 0.383 e. The molecule has 5 nitrogen and oxygen atoms in total. The Morgan fingerprint density at radius 1 is 1.12 bits per heavy atom. The summed E-state index contributed by atoms with van der Waals surface area (Å²) in [5.74, 6) is 0.675. The molecule has 0 bridgehead atoms. The Balaban J connectivity index is 1.86. The first kappa shape index (κ1) is 19.4. The quantitative estimate of drug-likeness (QED) is 0.607. The van der Waals surface area contributed by atoms with E-state index in [1.54, 1.807) is 11.3 Å². The van der Waals surface area contributed by atoms with Gasteiger partial charge in [0, 0.05) is 17.0 Å². The number of amides is 1. The van der Waals surface area contributed by atoms with E-state index < -0.39 is 0 Å². The summed E-state index contributed by atoms with van der Waals surface area (Å²) in [4.78, 5) is 26.4. The molecule has 1 amide bonds. The number of anilines is 1. The van der Waals surface area contributed by atoms with Crippen LogP contribution in [-0.2, 0) is 17.6 Å². The molecule has 0 saturated carbocycles. The fourth-order valence-corrected chi connectivity index (χ4v) is 5.90. The van der Waals surface area contributed by atoms with Crippen LogP contribution in [0.3, 0.4) is 0 Å². The Labute approximate surface area is 163 Å². The molecule has 1 aliphatic rings. The lowest BCUT2D eigenvalue weighted by Gasteiger charge is -2.32. The van der Waals surface area contributed by atoms with Gasteiger partial charge in [0.05, 0.1) is 10.6 Å². The van der Waals surface area contributed by atoms with Crippen molar-refractivity contribution >= 4 is 45.0 Å². The number of rotatable bonds is 5. The molecule has 0 unspecified atom stereocenters. The third kappa shape index (κ3) is 3.69. The highest BCUT2D eigenvalue weighted by atomic mass is 32.2. The highest BCUT2D eigenvalue weighted by Gasteiger charge is 2.27. The SMILES string of the molecule is CC(C)N(C(=O)[C@H](C)Sc1nc(N)c2c3c(sc2n1)CCCC3)C(C)C. The summed E-state index contributed by atoms with van der Waals surface area (Å²) < 4.78 is 0. The molecule has 1 aliphatic carbocycles. The van der Waals surface area contributed by atoms with Gasteiger partial charge >= 0.3 is 0 Å². The summed E-state index contributed by atoms with van der Waals surface area (Å²) in [6, 6.07) is 0.339. The second-order valence-electron chi connectivity index (χ2n) is 7.48. The minimum atomic E-state index is -0.244. The van der Waals surface area contributed by atoms with Crippen molar-refractivity contribution in [1.29, 1.82) is 0 Å². The molecule has 2 aromatic rings. The summed E-state index contributed by atoms with van der Waals surface area (Å²) in [5.41, 5.74) is 7.63. The van der Waals surface area contributed by atoms with Gasteiger partial charge in [-0.1, -0.05) is 11.8 Å². The Morgan fingerprint density at radius 2 is 1.77 bits per heavy atom. The normalized spacial score (nSPS) is 15.5. The lowest BCUT2D eigenvalue weighted by molar-refractivity contribution is -0.133. The van der Waals surface area contributed by atoms with E-state index >= 15 is 0 Å². The molecule has 2 heterocycles. The molecule has 1 atom stereocenters. The third-order valence-corrected chi connectivity index (χ3v) is 6.95. The Kier molecular flexibility index (Phi) is 5.77. The molecule has 142 valence electrons. The zero-order valence-corrected chi connectivity index (χ0v) is 17.8. The number of nitrogen functional groups attached to an aromatic ring is 1. The first-order valence-corrected chi connectivity index (χ1v) is 11.1. The molecule has 2 N–H and O–H groups in total. The van der Waals surface area contributed by atoms with Crippen LogP contribution in [0.4, 0.5) is 5.82 Å². The second-order valence-corrected chi connectivity index (χ2v) is 9.87. The average Bonchev–Trinajstić information content (AvgIpc) is 2.92. The van der Waals surface area contributed by atoms with E-state index in [9.17, 15) is 4.79 Å². The molecule has 0 spiro atoms. The van der Waals surface area contributed by atoms with Gasteiger partial charge in [-0.2, -0.15) is 0 Å². The molecule has 7 heteroatoms. The summed E-state index contributed by atoms with van der Waals surface area (Å²) in [5, 5.41) is 1.40. The number of carbonyl (C=O) groups is 1. The fraction of sp³-hybridized carbons (Fsp3) is 0.632. The molecular formula is C19H28N4OS2. The van der Waals surface area contributed by atoms with Gasteiger partial charge in [0.25, 0.3) is 0 Å². The number of thioether (sulfide) groups is 1. The number of nitrogens with zero attached hydrogens (tertiary/aromatic N) is 3. The van der Waals surface area contributed by atoms with Gasteiger partial charge in [-0.15, -0.1) is 11.3 Å². The third-order valence-electron chi connectivity index (χ3n) is 4.82. The Hall–Kier alpha value is -1.34. The molecule has 2 aromatic heterocycles. The highest BCUT2D eigenvalue weighted by Crippen LogP contribution is 2.39. The number of nitrogens with two attached hydrogens (primary N) is 1. The van der Waals surface area contributed by atoms with Crippen LogP contribution >= 0.6 is 23.1 Å². The lowest BCUT2D eigenvalue weighted by Crippen LogP contribution is -2.45. The molecule has 0 aliphatic heterocycles. The molecule has 0 fully saturated rings. The van der Waals surface area contributed by atoms with Crippen LogP contribution in [0.1, 0.15) is 57.9 Å². The lowest BCUT2D eigenvalue weighted by atomic mass is 9.97. The number of aromatic nitrogens is 2. The first-order valence-electron chi connectivity index (χ1n) is 9.36. The number of fused-ring (bicyclic) bond motifs is 3. The maximum absolute atomic E-state index is 12.9. The number of hydrogen-bond donors (Lipinski definition) is 1. The van der Waals surface area contributed by atoms with Gasteiger partial charge in [0.2, 0.25) is 5.91 Å². The Bertz CT molecular complexity index is 807. The molecule has 26 heavy (non-hydrogen) atoms. The summed E-state index contributed by atoms with van der Waals surface area (Å²) in [6.45, 7) is 10.1. The smallest absolute Gasteiger partial charge is 0.236 e. The highest BCUT2D eigenvalue weighted by molar-refractivity contribution is 8.00. The van der Waals surface area contributed by atoms with Gasteiger partial charge in [-0.05, 0) is 65.9 Å². The maximum Gasteiger partial charge on any atom is 0.236 e. The van der Waals surface area contributed by atoms with Crippen LogP contribution in [0.25, 0.3) is 10.2 Å². The molecule has 0 saturated heterocycles. The van der Waals surface area contributed by atoms with Crippen molar-refractivity contribution in [1.82, 2.24) is 14.9 Å². The zero-order valence-electron chi connectivity index (χ0n) is 16.2. The van der Waals surface area contributed by atoms with E-state index in [4.69, 9.17) is 10.7 Å². The predicted octanol–water partition coefficient (Wildman–Crippen LogP) is 4.28. The molecule has 0 aromatic carbocycles. The van der Waals surface area contributed by atoms with Gasteiger partial charge < -0.3 is 10.6 Å². The Morgan fingerprint density at radius 3 is 2.42 bits per heavy atom. The van der Waals surface area contributed by atoms with Crippen molar-refractivity contribution in [3.05, 3.63) is 10.4 Å². The van der Waals surface area contributed by atoms with Crippen molar-refractivity contribution < 1.29 is 4.79 Å². The van der Waals surface area contributed by atoms with Crippen molar-refractivity contribution in [2.24, 2.45) is 0 Å². The van der Waals surface area contributed by atoms with Gasteiger partial charge in [-0.25, -0.2) is 9.97 Å². The van der Waals surface area contributed by atoms with Crippen molar-refractivity contribution in [3.8, 4) is 0 Å². The minimum Gasteiger partial charge on any atom is -0.383 e. The van der Waals surface area contributed by atoms with Gasteiger partial charge in [0.15, 0.2) is 5.16 Å². The summed E-state index contributed by atoms with van der Waals surface area (Å²) in [7, 11) is 0. The number of thiophene rings is 1. The first-order chi connectivity index (χ1) is 12.3. The van der Waals surface area contributed by atoms with Crippen molar-refractivity contribution in [2.75, 3.05) is 5.73 Å². The number of carbonyl (C=O) groups excluding carboxylic acids is 1. The van der Waals surface area contributed by atoms with Crippen LogP contribution in [0, 0.1) is 0 Å². The van der Waals surface area contributed by atoms with Crippen LogP contribution in [0.2, 0.25) is 0 Å². The molecule has 3 rings (SSSR count). The van der Waals surface area contributed by atoms with Crippen molar-refractivity contribution in [2.45, 2.75) is 82.8 Å². The van der Waals surface area contributed by atoms with E-state index in [0.717, 1.165) is 23.1 Å². The van der Waals surface area contributed by atoms with E-state index in [1.165, 1.54) is 35.0 Å². The van der Waals surface area contributed by atoms with Gasteiger partial charge in [-0.3, -0.25) is 4.79 Å². The number of aryl methyl sites for hydroxylation is 2. The van der Waals surface area contributed by atoms with Crippen LogP contribution in [-0.4, -0.2) is 38.1 Å². The predicted molar refractivity (Wildman–Crippen MR) is 111 cm³/mol. The van der Waals surface area contributed by atoms with Gasteiger partial charge in [0.1, 0.15) is 10.6 Å². The topological polar surface area (TPSA) is 72.1 Å². The number of hydrogen-bond acceptors (Lipinski definition) is 6. The maximum atomic E-state index is 12.9. The summed E-state index contributed by atoms with van der Waals surface area (Å²) in [6.07, 6.45) is 4.63. The van der Waals surface area contributed by atoms with Crippen molar-refractivity contribution in [3.63, 3.8) is 0 Å². The van der Waals surface area contributed by atoms with E-state index in [1.807, 2.05) is 39.5 Å². The summed E-state index contributed by atoms with van der Waals surface area (Å²) >= 11 is 3.14. The van der Waals surface area contributed by atoms with E-state index in [2.05, 4.69) is 4.98 Å². The second kappa shape index (κ2) is 7.72. The molecule has 0 radical (unpaired) electrons. The van der Waals surface area contributed by atoms with E-state index in [-0.39, 0.29) is 23.2 Å². The van der Waals surface area contributed by atoms with E-state index in [0.29, 0.717) is 11.0 Å². The average molecular weight is 393 g/mol. The minimum absolute atomic E-state index is 0.118. The standard InChI is InChI=1S/C19H28N4OS2/c1-10(2)23(11(3)4)18(24)12(5)25-19-21-16(20)15-13-8-6-7-9-14(13)26-17(15)22-19/h10-12H,6-9H2,1-5H3,(H2,20,21,22)/t12-/m0/s1. The van der Waals surface area contributed by atoms with Crippen LogP contribution in [0.15, 0.2) is 5.16 Å².